The van der Waals surface area contributed by atoms with E-state index in [1.807, 2.05) is 6.92 Å². The number of carbonyl (C=O) groups is 1. The highest BCUT2D eigenvalue weighted by Crippen LogP contribution is 2.30. The van der Waals surface area contributed by atoms with E-state index < -0.39 is 0 Å². The molecular formula is C13H20N2O4. The van der Waals surface area contributed by atoms with Gasteiger partial charge in [0.05, 0.1) is 20.3 Å². The van der Waals surface area contributed by atoms with Crippen molar-refractivity contribution < 1.29 is 19.4 Å². The topological polar surface area (TPSA) is 79.8 Å². The molecule has 3 N–H and O–H groups in total. The summed E-state index contributed by atoms with van der Waals surface area (Å²) in [6.07, 6.45) is 0. The number of anilines is 1. The predicted molar refractivity (Wildman–Crippen MR) is 72.7 cm³/mol. The second-order valence-electron chi connectivity index (χ2n) is 3.77. The Bertz CT molecular complexity index is 410. The average molecular weight is 268 g/mol. The van der Waals surface area contributed by atoms with Crippen molar-refractivity contribution in [2.24, 2.45) is 0 Å². The van der Waals surface area contributed by atoms with Crippen LogP contribution in [0.15, 0.2) is 18.2 Å². The molecule has 0 fully saturated rings. The zero-order chi connectivity index (χ0) is 14.1. The summed E-state index contributed by atoms with van der Waals surface area (Å²) in [4.78, 5) is 11.6. The highest BCUT2D eigenvalue weighted by Gasteiger charge is 2.07. The Morgan fingerprint density at radius 2 is 2.16 bits per heavy atom. The fourth-order valence-corrected chi connectivity index (χ4v) is 1.47. The summed E-state index contributed by atoms with van der Waals surface area (Å²) >= 11 is 0. The molecule has 106 valence electrons. The minimum atomic E-state index is -0.125. The van der Waals surface area contributed by atoms with Crippen LogP contribution in [0.4, 0.5) is 5.69 Å². The highest BCUT2D eigenvalue weighted by atomic mass is 16.5. The molecule has 1 rings (SSSR count). The molecule has 0 aliphatic rings. The van der Waals surface area contributed by atoms with Crippen LogP contribution in [0.3, 0.4) is 0 Å². The maximum atomic E-state index is 11.6. The molecule has 0 heterocycles. The van der Waals surface area contributed by atoms with Gasteiger partial charge in [0.25, 0.3) is 0 Å². The van der Waals surface area contributed by atoms with Crippen LogP contribution < -0.4 is 20.1 Å². The van der Waals surface area contributed by atoms with Gasteiger partial charge in [0.1, 0.15) is 6.61 Å². The summed E-state index contributed by atoms with van der Waals surface area (Å²) in [6.45, 7) is 3.02. The fraction of sp³-hybridized carbons (Fsp3) is 0.462. The Kier molecular flexibility index (Phi) is 6.70. The minimum Gasteiger partial charge on any atom is -0.493 e. The van der Waals surface area contributed by atoms with Crippen molar-refractivity contribution in [3.05, 3.63) is 18.2 Å². The molecule has 0 saturated heterocycles. The minimum absolute atomic E-state index is 0.0832. The number of rotatable bonds is 8. The number of carbonyl (C=O) groups excluding carboxylic acids is 1. The normalized spacial score (nSPS) is 10.1. The van der Waals surface area contributed by atoms with Crippen molar-refractivity contribution >= 4 is 11.6 Å². The maximum absolute atomic E-state index is 11.6. The molecule has 0 aromatic heterocycles. The predicted octanol–water partition coefficient (Wildman–Crippen LogP) is 0.614. The third kappa shape index (κ3) is 5.15. The number of amides is 1. The van der Waals surface area contributed by atoms with E-state index in [4.69, 9.17) is 14.6 Å². The molecule has 0 saturated carbocycles. The van der Waals surface area contributed by atoms with Crippen LogP contribution in [-0.4, -0.2) is 44.4 Å². The first-order valence-corrected chi connectivity index (χ1v) is 6.13. The summed E-state index contributed by atoms with van der Waals surface area (Å²) in [7, 11) is 1.53. The quantitative estimate of drug-likeness (QED) is 0.644. The van der Waals surface area contributed by atoms with Gasteiger partial charge in [0.15, 0.2) is 11.5 Å². The molecule has 19 heavy (non-hydrogen) atoms. The third-order valence-corrected chi connectivity index (χ3v) is 2.33. The van der Waals surface area contributed by atoms with Crippen LogP contribution in [0.5, 0.6) is 11.5 Å². The molecule has 0 spiro atoms. The first-order valence-electron chi connectivity index (χ1n) is 6.13. The van der Waals surface area contributed by atoms with Gasteiger partial charge in [-0.3, -0.25) is 4.79 Å². The van der Waals surface area contributed by atoms with Crippen molar-refractivity contribution in [2.45, 2.75) is 6.92 Å². The molecule has 1 amide bonds. The number of nitrogens with one attached hydrogen (secondary N) is 2. The summed E-state index contributed by atoms with van der Waals surface area (Å²) in [5.41, 5.74) is 0.622. The first kappa shape index (κ1) is 15.3. The molecule has 0 unspecified atom stereocenters. The Morgan fingerprint density at radius 1 is 1.37 bits per heavy atom. The lowest BCUT2D eigenvalue weighted by Gasteiger charge is -2.12. The Hall–Kier alpha value is -1.79. The van der Waals surface area contributed by atoms with Crippen LogP contribution in [0, 0.1) is 0 Å². The van der Waals surface area contributed by atoms with Gasteiger partial charge in [-0.15, -0.1) is 0 Å². The van der Waals surface area contributed by atoms with E-state index in [0.29, 0.717) is 17.2 Å². The number of methoxy groups -OCH3 is 1. The molecule has 0 aliphatic carbocycles. The number of ether oxygens (including phenoxy) is 2. The fourth-order valence-electron chi connectivity index (χ4n) is 1.47. The van der Waals surface area contributed by atoms with E-state index in [1.54, 1.807) is 18.2 Å². The summed E-state index contributed by atoms with van der Waals surface area (Å²) in [5, 5.41) is 14.4. The van der Waals surface area contributed by atoms with Crippen molar-refractivity contribution in [2.75, 3.05) is 38.7 Å². The molecule has 6 heteroatoms. The number of aliphatic hydroxyl groups excluding tert-OH is 1. The smallest absolute Gasteiger partial charge is 0.238 e. The molecular weight excluding hydrogens is 248 g/mol. The van der Waals surface area contributed by atoms with Crippen LogP contribution >= 0.6 is 0 Å². The van der Waals surface area contributed by atoms with Gasteiger partial charge in [-0.05, 0) is 18.7 Å². The summed E-state index contributed by atoms with van der Waals surface area (Å²) < 4.78 is 10.5. The second-order valence-corrected chi connectivity index (χ2v) is 3.77. The zero-order valence-electron chi connectivity index (χ0n) is 11.2. The van der Waals surface area contributed by atoms with Crippen LogP contribution in [0.1, 0.15) is 6.92 Å². The molecule has 0 bridgehead atoms. The van der Waals surface area contributed by atoms with Crippen LogP contribution in [0.25, 0.3) is 0 Å². The maximum Gasteiger partial charge on any atom is 0.238 e. The average Bonchev–Trinajstić information content (AvgIpc) is 2.43. The number of hydrogen-bond donors (Lipinski definition) is 3. The second kappa shape index (κ2) is 8.34. The van der Waals surface area contributed by atoms with Gasteiger partial charge in [-0.25, -0.2) is 0 Å². The number of hydrogen-bond acceptors (Lipinski definition) is 5. The molecule has 6 nitrogen and oxygen atoms in total. The standard InChI is InChI=1S/C13H20N2O4/c1-3-14-9-13(17)15-10-4-5-11(18-2)12(8-10)19-7-6-16/h4-5,8,14,16H,3,6-7,9H2,1-2H3,(H,15,17). The molecule has 1 aromatic carbocycles. The van der Waals surface area contributed by atoms with Gasteiger partial charge in [0.2, 0.25) is 5.91 Å². The van der Waals surface area contributed by atoms with Gasteiger partial charge in [-0.2, -0.15) is 0 Å². The van der Waals surface area contributed by atoms with Crippen molar-refractivity contribution in [1.82, 2.24) is 5.32 Å². The van der Waals surface area contributed by atoms with Crippen LogP contribution in [0.2, 0.25) is 0 Å². The van der Waals surface area contributed by atoms with Gasteiger partial charge in [0, 0.05) is 11.8 Å². The van der Waals surface area contributed by atoms with Crippen molar-refractivity contribution in [3.63, 3.8) is 0 Å². The zero-order valence-corrected chi connectivity index (χ0v) is 11.2. The summed E-state index contributed by atoms with van der Waals surface area (Å²) in [5.74, 6) is 0.913. The van der Waals surface area contributed by atoms with Crippen LogP contribution in [-0.2, 0) is 4.79 Å². The van der Waals surface area contributed by atoms with Gasteiger partial charge < -0.3 is 25.2 Å². The lowest BCUT2D eigenvalue weighted by molar-refractivity contribution is -0.115. The van der Waals surface area contributed by atoms with E-state index in [1.165, 1.54) is 7.11 Å². The molecule has 0 aliphatic heterocycles. The van der Waals surface area contributed by atoms with E-state index >= 15 is 0 Å². The van der Waals surface area contributed by atoms with E-state index in [-0.39, 0.29) is 25.7 Å². The lowest BCUT2D eigenvalue weighted by atomic mass is 10.2. The monoisotopic (exact) mass is 268 g/mol. The molecule has 0 radical (unpaired) electrons. The largest absolute Gasteiger partial charge is 0.493 e. The van der Waals surface area contributed by atoms with E-state index in [0.717, 1.165) is 6.54 Å². The Labute approximate surface area is 112 Å². The first-order chi connectivity index (χ1) is 9.21. The highest BCUT2D eigenvalue weighted by molar-refractivity contribution is 5.92. The number of likely N-dealkylation sites (N-methyl/N-ethyl adjacent to an activating group) is 1. The Morgan fingerprint density at radius 3 is 2.79 bits per heavy atom. The third-order valence-electron chi connectivity index (χ3n) is 2.33. The lowest BCUT2D eigenvalue weighted by Crippen LogP contribution is -2.27. The van der Waals surface area contributed by atoms with Crippen molar-refractivity contribution in [1.29, 1.82) is 0 Å². The van der Waals surface area contributed by atoms with Crippen molar-refractivity contribution in [3.8, 4) is 11.5 Å². The number of aliphatic hydroxyl groups is 1. The number of benzene rings is 1. The SMILES string of the molecule is CCNCC(=O)Nc1ccc(OC)c(OCCO)c1. The van der Waals surface area contributed by atoms with Gasteiger partial charge in [-0.1, -0.05) is 6.92 Å². The van der Waals surface area contributed by atoms with E-state index in [2.05, 4.69) is 10.6 Å². The Balaban J connectivity index is 2.71. The van der Waals surface area contributed by atoms with Gasteiger partial charge >= 0.3 is 0 Å². The molecule has 1 aromatic rings. The van der Waals surface area contributed by atoms with E-state index in [9.17, 15) is 4.79 Å². The molecule has 0 atom stereocenters. The summed E-state index contributed by atoms with van der Waals surface area (Å²) in [6, 6.07) is 5.10.